The second kappa shape index (κ2) is 5.26. The zero-order chi connectivity index (χ0) is 13.9. The largest absolute Gasteiger partial charge is 0.360 e. The Morgan fingerprint density at radius 2 is 2.20 bits per heavy atom. The predicted molar refractivity (Wildman–Crippen MR) is 77.9 cm³/mol. The van der Waals surface area contributed by atoms with Gasteiger partial charge >= 0.3 is 0 Å². The van der Waals surface area contributed by atoms with Crippen LogP contribution in [0.25, 0.3) is 10.9 Å². The fourth-order valence-electron chi connectivity index (χ4n) is 1.93. The molecular weight excluding hydrogens is 274 g/mol. The van der Waals surface area contributed by atoms with Gasteiger partial charge in [0.05, 0.1) is 17.7 Å². The Balaban J connectivity index is 1.88. The maximum atomic E-state index is 12.2. The molecule has 0 aliphatic heterocycles. The van der Waals surface area contributed by atoms with Crippen LogP contribution in [0.2, 0.25) is 0 Å². The van der Waals surface area contributed by atoms with E-state index in [0.717, 1.165) is 5.69 Å². The molecule has 20 heavy (non-hydrogen) atoms. The van der Waals surface area contributed by atoms with Crippen LogP contribution in [0.1, 0.15) is 16.1 Å². The van der Waals surface area contributed by atoms with Gasteiger partial charge in [-0.15, -0.1) is 11.3 Å². The first-order chi connectivity index (χ1) is 9.75. The molecule has 0 saturated heterocycles. The van der Waals surface area contributed by atoms with E-state index in [9.17, 15) is 9.59 Å². The molecule has 3 rings (SSSR count). The highest BCUT2D eigenvalue weighted by Gasteiger charge is 2.12. The minimum absolute atomic E-state index is 0.110. The molecule has 0 fully saturated rings. The molecule has 0 bridgehead atoms. The smallest absolute Gasteiger partial charge is 0.257 e. The van der Waals surface area contributed by atoms with Crippen molar-refractivity contribution in [3.8, 4) is 0 Å². The number of benzene rings is 1. The van der Waals surface area contributed by atoms with Crippen molar-refractivity contribution in [2.24, 2.45) is 0 Å². The van der Waals surface area contributed by atoms with Crippen molar-refractivity contribution in [2.75, 3.05) is 0 Å². The van der Waals surface area contributed by atoms with E-state index in [2.05, 4.69) is 15.3 Å². The van der Waals surface area contributed by atoms with E-state index in [4.69, 9.17) is 0 Å². The van der Waals surface area contributed by atoms with E-state index >= 15 is 0 Å². The van der Waals surface area contributed by atoms with Crippen LogP contribution in [0.5, 0.6) is 0 Å². The lowest BCUT2D eigenvalue weighted by Gasteiger charge is -2.04. The second-order valence-corrected chi connectivity index (χ2v) is 4.96. The minimum atomic E-state index is -0.398. The van der Waals surface area contributed by atoms with Crippen molar-refractivity contribution in [1.29, 1.82) is 0 Å². The van der Waals surface area contributed by atoms with Crippen LogP contribution in [0.4, 0.5) is 0 Å². The highest BCUT2D eigenvalue weighted by Crippen LogP contribution is 2.07. The molecule has 1 aromatic carbocycles. The lowest BCUT2D eigenvalue weighted by atomic mass is 10.1. The molecule has 0 radical (unpaired) electrons. The lowest BCUT2D eigenvalue weighted by Crippen LogP contribution is -2.28. The number of nitrogens with one attached hydrogen (secondary N) is 2. The average molecular weight is 285 g/mol. The number of amides is 1. The third-order valence-electron chi connectivity index (χ3n) is 2.95. The molecule has 100 valence electrons. The number of H-pyrrole nitrogens is 1. The van der Waals surface area contributed by atoms with Crippen LogP contribution in [-0.4, -0.2) is 15.9 Å². The van der Waals surface area contributed by atoms with E-state index in [0.29, 0.717) is 17.4 Å². The summed E-state index contributed by atoms with van der Waals surface area (Å²) in [5.41, 5.74) is 3.04. The molecule has 6 heteroatoms. The monoisotopic (exact) mass is 285 g/mol. The number of hydrogen-bond donors (Lipinski definition) is 2. The number of thiazole rings is 1. The van der Waals surface area contributed by atoms with Crippen molar-refractivity contribution in [2.45, 2.75) is 6.54 Å². The number of aromatic nitrogens is 2. The summed E-state index contributed by atoms with van der Waals surface area (Å²) >= 11 is 1.46. The topological polar surface area (TPSA) is 74.8 Å². The lowest BCUT2D eigenvalue weighted by molar-refractivity contribution is 0.0949. The quantitative estimate of drug-likeness (QED) is 0.772. The van der Waals surface area contributed by atoms with Crippen molar-refractivity contribution in [3.63, 3.8) is 0 Å². The Morgan fingerprint density at radius 1 is 1.35 bits per heavy atom. The highest BCUT2D eigenvalue weighted by atomic mass is 32.1. The fourth-order valence-corrected chi connectivity index (χ4v) is 2.49. The van der Waals surface area contributed by atoms with E-state index in [-0.39, 0.29) is 11.0 Å². The van der Waals surface area contributed by atoms with Crippen LogP contribution >= 0.6 is 11.3 Å². The summed E-state index contributed by atoms with van der Waals surface area (Å²) < 4.78 is 0. The molecule has 0 spiro atoms. The van der Waals surface area contributed by atoms with E-state index < -0.39 is 5.91 Å². The van der Waals surface area contributed by atoms with Gasteiger partial charge < -0.3 is 10.3 Å². The number of nitrogens with zero attached hydrogens (tertiary/aromatic N) is 1. The number of fused-ring (bicyclic) bond motifs is 1. The van der Waals surface area contributed by atoms with Crippen LogP contribution in [-0.2, 0) is 6.54 Å². The molecule has 0 atom stereocenters. The summed E-state index contributed by atoms with van der Waals surface area (Å²) in [5, 5.41) is 5.05. The van der Waals surface area contributed by atoms with Crippen LogP contribution < -0.4 is 10.7 Å². The maximum absolute atomic E-state index is 12.2. The number of pyridine rings is 1. The number of rotatable bonds is 3. The Kier molecular flexibility index (Phi) is 3.30. The van der Waals surface area contributed by atoms with Gasteiger partial charge in [-0.1, -0.05) is 12.1 Å². The third-order valence-corrected chi connectivity index (χ3v) is 3.58. The SMILES string of the molecule is O=C(NCc1cscn1)c1c[nH]c2ccccc2c1=O. The summed E-state index contributed by atoms with van der Waals surface area (Å²) in [6.07, 6.45) is 1.45. The van der Waals surface area contributed by atoms with Gasteiger partial charge in [0.25, 0.3) is 5.91 Å². The van der Waals surface area contributed by atoms with E-state index in [1.54, 1.807) is 23.7 Å². The molecule has 0 saturated carbocycles. The molecule has 1 amide bonds. The molecule has 5 nitrogen and oxygen atoms in total. The van der Waals surface area contributed by atoms with E-state index in [1.807, 2.05) is 11.4 Å². The number of para-hydroxylation sites is 1. The first-order valence-corrected chi connectivity index (χ1v) is 6.95. The van der Waals surface area contributed by atoms with Crippen molar-refractivity contribution < 1.29 is 4.79 Å². The molecular formula is C14H11N3O2S. The van der Waals surface area contributed by atoms with Gasteiger partial charge in [0.1, 0.15) is 5.56 Å². The fraction of sp³-hybridized carbons (Fsp3) is 0.0714. The van der Waals surface area contributed by atoms with Gasteiger partial charge in [-0.25, -0.2) is 4.98 Å². The summed E-state index contributed by atoms with van der Waals surface area (Å²) in [5.74, 6) is -0.398. The molecule has 0 unspecified atom stereocenters. The summed E-state index contributed by atoms with van der Waals surface area (Å²) in [4.78, 5) is 31.3. The minimum Gasteiger partial charge on any atom is -0.360 e. The predicted octanol–water partition coefficient (Wildman–Crippen LogP) is 1.91. The Labute approximate surface area is 118 Å². The number of carbonyl (C=O) groups is 1. The first kappa shape index (κ1) is 12.6. The van der Waals surface area contributed by atoms with E-state index in [1.165, 1.54) is 17.5 Å². The standard InChI is InChI=1S/C14H11N3O2S/c18-13-10-3-1-2-4-12(10)15-6-11(13)14(19)16-5-9-7-20-8-17-9/h1-4,6-8H,5H2,(H,15,18)(H,16,19). The normalized spacial score (nSPS) is 10.6. The molecule has 2 aromatic heterocycles. The number of hydrogen-bond acceptors (Lipinski definition) is 4. The summed E-state index contributed by atoms with van der Waals surface area (Å²) in [6, 6.07) is 7.11. The second-order valence-electron chi connectivity index (χ2n) is 4.24. The Bertz CT molecular complexity index is 809. The van der Waals surface area contributed by atoms with Crippen LogP contribution in [0, 0.1) is 0 Å². The van der Waals surface area contributed by atoms with Gasteiger partial charge in [0.2, 0.25) is 5.43 Å². The molecule has 3 aromatic rings. The van der Waals surface area contributed by atoms with Gasteiger partial charge in [-0.3, -0.25) is 9.59 Å². The van der Waals surface area contributed by atoms with Gasteiger partial charge in [-0.2, -0.15) is 0 Å². The Hall–Kier alpha value is -2.47. The van der Waals surface area contributed by atoms with Crippen molar-refractivity contribution in [1.82, 2.24) is 15.3 Å². The zero-order valence-corrected chi connectivity index (χ0v) is 11.2. The summed E-state index contributed by atoms with van der Waals surface area (Å²) in [7, 11) is 0. The zero-order valence-electron chi connectivity index (χ0n) is 10.4. The average Bonchev–Trinajstić information content (AvgIpc) is 2.99. The first-order valence-electron chi connectivity index (χ1n) is 6.01. The van der Waals surface area contributed by atoms with Gasteiger partial charge in [0.15, 0.2) is 0 Å². The molecule has 2 N–H and O–H groups in total. The molecule has 0 aliphatic rings. The summed E-state index contributed by atoms with van der Waals surface area (Å²) in [6.45, 7) is 0.314. The molecule has 0 aliphatic carbocycles. The van der Waals surface area contributed by atoms with Gasteiger partial charge in [-0.05, 0) is 12.1 Å². The Morgan fingerprint density at radius 3 is 3.00 bits per heavy atom. The molecule has 2 heterocycles. The van der Waals surface area contributed by atoms with Crippen LogP contribution in [0.15, 0.2) is 46.1 Å². The van der Waals surface area contributed by atoms with Crippen molar-refractivity contribution >= 4 is 28.1 Å². The van der Waals surface area contributed by atoms with Gasteiger partial charge in [0, 0.05) is 22.5 Å². The maximum Gasteiger partial charge on any atom is 0.257 e. The number of carbonyl (C=O) groups excluding carboxylic acids is 1. The van der Waals surface area contributed by atoms with Crippen LogP contribution in [0.3, 0.4) is 0 Å². The number of aromatic amines is 1. The van der Waals surface area contributed by atoms with Crippen molar-refractivity contribution in [3.05, 3.63) is 62.8 Å². The third kappa shape index (κ3) is 2.33. The highest BCUT2D eigenvalue weighted by molar-refractivity contribution is 7.07.